The Morgan fingerprint density at radius 2 is 2.29 bits per heavy atom. The van der Waals surface area contributed by atoms with Crippen molar-refractivity contribution in [3.05, 3.63) is 11.8 Å². The van der Waals surface area contributed by atoms with Crippen LogP contribution in [0.15, 0.2) is 11.8 Å². The van der Waals surface area contributed by atoms with E-state index in [1.807, 2.05) is 20.8 Å². The monoisotopic (exact) mass is 238 g/mol. The first kappa shape index (κ1) is 12.4. The first-order chi connectivity index (χ1) is 7.97. The Kier molecular flexibility index (Phi) is 3.43. The minimum Gasteiger partial charge on any atom is -0.443 e. The van der Waals surface area contributed by atoms with Gasteiger partial charge in [-0.25, -0.2) is 4.79 Å². The van der Waals surface area contributed by atoms with Gasteiger partial charge in [0.15, 0.2) is 0 Å². The second-order valence-corrected chi connectivity index (χ2v) is 5.70. The molecule has 0 aromatic heterocycles. The van der Waals surface area contributed by atoms with Crippen molar-refractivity contribution in [3.63, 3.8) is 0 Å². The molecule has 2 rings (SSSR count). The third-order valence-electron chi connectivity index (χ3n) is 3.05. The summed E-state index contributed by atoms with van der Waals surface area (Å²) >= 11 is 0. The summed E-state index contributed by atoms with van der Waals surface area (Å²) in [6.45, 7) is 7.49. The normalized spacial score (nSPS) is 25.0. The number of piperidine rings is 1. The molecule has 0 spiro atoms. The molecule has 1 amide bonds. The summed E-state index contributed by atoms with van der Waals surface area (Å²) < 4.78 is 5.44. The highest BCUT2D eigenvalue weighted by Gasteiger charge is 2.32. The van der Waals surface area contributed by atoms with Crippen molar-refractivity contribution in [3.8, 4) is 0 Å². The standard InChI is InChI=1S/C13H22N2O2/c1-13(2,3)17-12(16)15-9-5-6-10-11(15)7-4-8-14-10/h7,10,14H,4-6,8-9H2,1-3H3. The Bertz CT molecular complexity index is 331. The highest BCUT2D eigenvalue weighted by molar-refractivity contribution is 5.71. The number of ether oxygens (including phenoxy) is 1. The van der Waals surface area contributed by atoms with Gasteiger partial charge in [0.1, 0.15) is 5.60 Å². The largest absolute Gasteiger partial charge is 0.443 e. The summed E-state index contributed by atoms with van der Waals surface area (Å²) in [5, 5.41) is 3.45. The predicted molar refractivity (Wildman–Crippen MR) is 66.7 cm³/mol. The summed E-state index contributed by atoms with van der Waals surface area (Å²) in [5.74, 6) is 0. The Morgan fingerprint density at radius 1 is 1.53 bits per heavy atom. The van der Waals surface area contributed by atoms with Crippen molar-refractivity contribution in [2.24, 2.45) is 0 Å². The van der Waals surface area contributed by atoms with Crippen LogP contribution in [0.1, 0.15) is 40.0 Å². The molecule has 4 nitrogen and oxygen atoms in total. The highest BCUT2D eigenvalue weighted by Crippen LogP contribution is 2.25. The van der Waals surface area contributed by atoms with Crippen LogP contribution in [0, 0.1) is 0 Å². The quantitative estimate of drug-likeness (QED) is 0.704. The average molecular weight is 238 g/mol. The van der Waals surface area contributed by atoms with Crippen LogP contribution in [-0.4, -0.2) is 35.7 Å². The lowest BCUT2D eigenvalue weighted by molar-refractivity contribution is 0.0266. The molecule has 2 aliphatic rings. The molecular weight excluding hydrogens is 216 g/mol. The van der Waals surface area contributed by atoms with E-state index >= 15 is 0 Å². The number of likely N-dealkylation sites (tertiary alicyclic amines) is 1. The van der Waals surface area contributed by atoms with E-state index in [4.69, 9.17) is 4.74 Å². The molecule has 2 aliphatic heterocycles. The minimum atomic E-state index is -0.424. The van der Waals surface area contributed by atoms with E-state index in [1.54, 1.807) is 4.90 Å². The van der Waals surface area contributed by atoms with Gasteiger partial charge in [0.2, 0.25) is 0 Å². The molecule has 1 atom stereocenters. The van der Waals surface area contributed by atoms with Crippen molar-refractivity contribution in [2.75, 3.05) is 13.1 Å². The van der Waals surface area contributed by atoms with Crippen LogP contribution in [0.3, 0.4) is 0 Å². The van der Waals surface area contributed by atoms with Crippen LogP contribution in [-0.2, 0) is 4.74 Å². The second kappa shape index (κ2) is 4.69. The molecule has 0 aromatic carbocycles. The van der Waals surface area contributed by atoms with Gasteiger partial charge in [-0.1, -0.05) is 6.08 Å². The molecule has 0 aliphatic carbocycles. The fraction of sp³-hybridized carbons (Fsp3) is 0.769. The molecule has 2 heterocycles. The zero-order valence-electron chi connectivity index (χ0n) is 11.0. The van der Waals surface area contributed by atoms with Crippen LogP contribution >= 0.6 is 0 Å². The third kappa shape index (κ3) is 3.00. The average Bonchev–Trinajstić information content (AvgIpc) is 2.26. The number of nitrogens with one attached hydrogen (secondary N) is 1. The summed E-state index contributed by atoms with van der Waals surface area (Å²) in [7, 11) is 0. The molecule has 1 saturated heterocycles. The summed E-state index contributed by atoms with van der Waals surface area (Å²) in [6, 6.07) is 0.338. The number of carbonyl (C=O) groups is 1. The fourth-order valence-corrected chi connectivity index (χ4v) is 2.37. The lowest BCUT2D eigenvalue weighted by Crippen LogP contribution is -2.49. The number of hydrogen-bond donors (Lipinski definition) is 1. The van der Waals surface area contributed by atoms with Crippen LogP contribution < -0.4 is 5.32 Å². The molecule has 0 aromatic rings. The Morgan fingerprint density at radius 3 is 3.00 bits per heavy atom. The molecule has 0 saturated carbocycles. The maximum atomic E-state index is 12.1. The highest BCUT2D eigenvalue weighted by atomic mass is 16.6. The number of carbonyl (C=O) groups excluding carboxylic acids is 1. The maximum absolute atomic E-state index is 12.1. The summed E-state index contributed by atoms with van der Waals surface area (Å²) in [5.41, 5.74) is 0.684. The number of amides is 1. The molecular formula is C13H22N2O2. The van der Waals surface area contributed by atoms with Gasteiger partial charge >= 0.3 is 6.09 Å². The van der Waals surface area contributed by atoms with Gasteiger partial charge in [-0.05, 0) is 46.6 Å². The molecule has 1 fully saturated rings. The van der Waals surface area contributed by atoms with Gasteiger partial charge < -0.3 is 10.1 Å². The van der Waals surface area contributed by atoms with Crippen LogP contribution in [0.25, 0.3) is 0 Å². The summed E-state index contributed by atoms with van der Waals surface area (Å²) in [4.78, 5) is 13.9. The van der Waals surface area contributed by atoms with Crippen molar-refractivity contribution in [2.45, 2.75) is 51.7 Å². The topological polar surface area (TPSA) is 41.6 Å². The smallest absolute Gasteiger partial charge is 0.414 e. The molecule has 0 bridgehead atoms. The van der Waals surface area contributed by atoms with Gasteiger partial charge in [0.05, 0.1) is 0 Å². The molecule has 96 valence electrons. The Balaban J connectivity index is 2.09. The molecule has 0 radical (unpaired) electrons. The third-order valence-corrected chi connectivity index (χ3v) is 3.05. The van der Waals surface area contributed by atoms with E-state index in [2.05, 4.69) is 11.4 Å². The summed E-state index contributed by atoms with van der Waals surface area (Å²) in [6.07, 6.45) is 5.10. The predicted octanol–water partition coefficient (Wildman–Crippen LogP) is 2.26. The Hall–Kier alpha value is -1.03. The van der Waals surface area contributed by atoms with Crippen LogP contribution in [0.4, 0.5) is 4.79 Å². The zero-order valence-corrected chi connectivity index (χ0v) is 11.0. The number of rotatable bonds is 0. The van der Waals surface area contributed by atoms with E-state index in [9.17, 15) is 4.79 Å². The van der Waals surface area contributed by atoms with Crippen LogP contribution in [0.5, 0.6) is 0 Å². The maximum Gasteiger partial charge on any atom is 0.414 e. The Labute approximate surface area is 103 Å². The van der Waals surface area contributed by atoms with Crippen molar-refractivity contribution >= 4 is 6.09 Å². The van der Waals surface area contributed by atoms with E-state index in [0.717, 1.165) is 38.0 Å². The molecule has 17 heavy (non-hydrogen) atoms. The van der Waals surface area contributed by atoms with Gasteiger partial charge in [-0.15, -0.1) is 0 Å². The van der Waals surface area contributed by atoms with E-state index in [1.165, 1.54) is 0 Å². The van der Waals surface area contributed by atoms with Crippen molar-refractivity contribution in [1.82, 2.24) is 10.2 Å². The number of fused-ring (bicyclic) bond motifs is 1. The van der Waals surface area contributed by atoms with Gasteiger partial charge in [-0.2, -0.15) is 0 Å². The van der Waals surface area contributed by atoms with Gasteiger partial charge in [0.25, 0.3) is 0 Å². The fourth-order valence-electron chi connectivity index (χ4n) is 2.37. The second-order valence-electron chi connectivity index (χ2n) is 5.70. The van der Waals surface area contributed by atoms with Gasteiger partial charge in [0, 0.05) is 18.3 Å². The lowest BCUT2D eigenvalue weighted by Gasteiger charge is -2.38. The minimum absolute atomic E-state index is 0.211. The van der Waals surface area contributed by atoms with E-state index < -0.39 is 5.60 Å². The first-order valence-electron chi connectivity index (χ1n) is 6.41. The van der Waals surface area contributed by atoms with Gasteiger partial charge in [-0.3, -0.25) is 4.90 Å². The van der Waals surface area contributed by atoms with Crippen molar-refractivity contribution in [1.29, 1.82) is 0 Å². The van der Waals surface area contributed by atoms with Crippen molar-refractivity contribution < 1.29 is 9.53 Å². The molecule has 1 unspecified atom stereocenters. The zero-order chi connectivity index (χ0) is 12.5. The molecule has 4 heteroatoms. The van der Waals surface area contributed by atoms with E-state index in [0.29, 0.717) is 6.04 Å². The number of nitrogens with zero attached hydrogens (tertiary/aromatic N) is 1. The lowest BCUT2D eigenvalue weighted by atomic mass is 9.98. The first-order valence-corrected chi connectivity index (χ1v) is 6.41. The van der Waals surface area contributed by atoms with Crippen LogP contribution in [0.2, 0.25) is 0 Å². The van der Waals surface area contributed by atoms with E-state index in [-0.39, 0.29) is 6.09 Å². The molecule has 1 N–H and O–H groups in total. The number of hydrogen-bond acceptors (Lipinski definition) is 3. The SMILES string of the molecule is CC(C)(C)OC(=O)N1CCCC2NCCC=C21.